The number of hydrazone groups is 1. The van der Waals surface area contributed by atoms with Gasteiger partial charge in [-0.3, -0.25) is 14.5 Å². The third-order valence-corrected chi connectivity index (χ3v) is 5.47. The predicted octanol–water partition coefficient (Wildman–Crippen LogP) is 2.64. The predicted molar refractivity (Wildman–Crippen MR) is 110 cm³/mol. The molecule has 2 aliphatic rings. The summed E-state index contributed by atoms with van der Waals surface area (Å²) in [7, 11) is 0. The number of aromatic nitrogens is 2. The minimum Gasteiger partial charge on any atom is -0.436 e. The minimum atomic E-state index is -0.502. The van der Waals surface area contributed by atoms with E-state index in [1.165, 1.54) is 6.20 Å². The molecule has 3 heterocycles. The SMILES string of the molecule is C/C(=N\N1CCN(C[C@@]2(C)Cn3cc([N+](=O)[O-])nc3O2)CC1)c1ccc(Cl)cc1. The molecule has 0 bridgehead atoms. The molecule has 2 aliphatic heterocycles. The largest absolute Gasteiger partial charge is 0.436 e. The Labute approximate surface area is 173 Å². The minimum absolute atomic E-state index is 0.176. The standard InChI is InChI=1S/C19H23ClN6O3/c1-14(15-3-5-16(20)6-4-15)22-25-9-7-23(8-10-25)12-19(2)13-24-11-17(26(27)28)21-18(24)29-19/h3-6,11H,7-10,12-13H2,1-2H3/b22-14+/t19-/m0/s1. The smallest absolute Gasteiger partial charge is 0.415 e. The molecule has 1 fully saturated rings. The summed E-state index contributed by atoms with van der Waals surface area (Å²) < 4.78 is 7.66. The van der Waals surface area contributed by atoms with Crippen molar-refractivity contribution in [2.75, 3.05) is 32.7 Å². The van der Waals surface area contributed by atoms with Crippen LogP contribution >= 0.6 is 11.6 Å². The highest BCUT2D eigenvalue weighted by atomic mass is 35.5. The number of hydrogen-bond acceptors (Lipinski definition) is 7. The molecule has 1 aromatic heterocycles. The Kier molecular flexibility index (Phi) is 5.18. The number of ether oxygens (including phenoxy) is 1. The summed E-state index contributed by atoms with van der Waals surface area (Å²) in [5, 5.41) is 18.4. The van der Waals surface area contributed by atoms with Gasteiger partial charge < -0.3 is 14.9 Å². The molecule has 2 aromatic rings. The van der Waals surface area contributed by atoms with Crippen molar-refractivity contribution >= 4 is 23.1 Å². The van der Waals surface area contributed by atoms with E-state index in [9.17, 15) is 10.1 Å². The van der Waals surface area contributed by atoms with Gasteiger partial charge in [-0.15, -0.1) is 0 Å². The molecule has 0 unspecified atom stereocenters. The number of benzene rings is 1. The van der Waals surface area contributed by atoms with Gasteiger partial charge in [0.2, 0.25) is 0 Å². The topological polar surface area (TPSA) is 89.0 Å². The molecule has 10 heteroatoms. The zero-order valence-corrected chi connectivity index (χ0v) is 17.2. The Morgan fingerprint density at radius 2 is 2.00 bits per heavy atom. The molecule has 1 aromatic carbocycles. The van der Waals surface area contributed by atoms with Gasteiger partial charge >= 0.3 is 11.8 Å². The summed E-state index contributed by atoms with van der Waals surface area (Å²) in [6.07, 6.45) is 1.44. The van der Waals surface area contributed by atoms with Gasteiger partial charge in [0.15, 0.2) is 0 Å². The molecule has 0 radical (unpaired) electrons. The third kappa shape index (κ3) is 4.35. The maximum absolute atomic E-state index is 10.8. The van der Waals surface area contributed by atoms with E-state index in [0.717, 1.165) is 44.0 Å². The fourth-order valence-corrected chi connectivity index (χ4v) is 3.92. The number of rotatable bonds is 5. The monoisotopic (exact) mass is 418 g/mol. The van der Waals surface area contributed by atoms with Crippen LogP contribution in [0.15, 0.2) is 35.6 Å². The molecule has 1 saturated heterocycles. The highest BCUT2D eigenvalue weighted by Gasteiger charge is 2.41. The second-order valence-corrected chi connectivity index (χ2v) is 8.18. The van der Waals surface area contributed by atoms with E-state index in [0.29, 0.717) is 17.6 Å². The number of piperazine rings is 1. The first-order chi connectivity index (χ1) is 13.8. The molecule has 1 atom stereocenters. The maximum atomic E-state index is 10.8. The van der Waals surface area contributed by atoms with E-state index in [4.69, 9.17) is 21.4 Å². The van der Waals surface area contributed by atoms with Crippen LogP contribution in [-0.2, 0) is 6.54 Å². The van der Waals surface area contributed by atoms with Crippen molar-refractivity contribution in [1.82, 2.24) is 19.5 Å². The number of imidazole rings is 1. The highest BCUT2D eigenvalue weighted by Crippen LogP contribution is 2.31. The lowest BCUT2D eigenvalue weighted by Gasteiger charge is -2.37. The van der Waals surface area contributed by atoms with Crippen LogP contribution in [-0.4, -0.2) is 68.4 Å². The average molecular weight is 419 g/mol. The van der Waals surface area contributed by atoms with Gasteiger partial charge in [0.1, 0.15) is 11.8 Å². The van der Waals surface area contributed by atoms with Crippen molar-refractivity contribution in [2.24, 2.45) is 5.10 Å². The summed E-state index contributed by atoms with van der Waals surface area (Å²) in [4.78, 5) is 16.6. The summed E-state index contributed by atoms with van der Waals surface area (Å²) >= 11 is 5.95. The molecule has 29 heavy (non-hydrogen) atoms. The van der Waals surface area contributed by atoms with Crippen molar-refractivity contribution in [3.05, 3.63) is 51.2 Å². The number of nitro groups is 1. The number of fused-ring (bicyclic) bond motifs is 1. The van der Waals surface area contributed by atoms with E-state index in [1.54, 1.807) is 4.57 Å². The molecule has 0 N–H and O–H groups in total. The molecular formula is C19H23ClN6O3. The van der Waals surface area contributed by atoms with Crippen LogP contribution in [0, 0.1) is 10.1 Å². The van der Waals surface area contributed by atoms with Gasteiger partial charge in [0.05, 0.1) is 12.3 Å². The van der Waals surface area contributed by atoms with E-state index in [2.05, 4.69) is 14.9 Å². The highest BCUT2D eigenvalue weighted by molar-refractivity contribution is 6.30. The molecule has 0 amide bonds. The number of nitrogens with zero attached hydrogens (tertiary/aromatic N) is 6. The van der Waals surface area contributed by atoms with E-state index >= 15 is 0 Å². The second kappa shape index (κ2) is 7.64. The molecule has 4 rings (SSSR count). The average Bonchev–Trinajstić information content (AvgIpc) is 3.19. The molecule has 9 nitrogen and oxygen atoms in total. The third-order valence-electron chi connectivity index (χ3n) is 5.22. The van der Waals surface area contributed by atoms with Crippen molar-refractivity contribution in [2.45, 2.75) is 26.0 Å². The molecule has 0 saturated carbocycles. The van der Waals surface area contributed by atoms with Gasteiger partial charge in [-0.2, -0.15) is 5.10 Å². The number of halogens is 1. The zero-order chi connectivity index (χ0) is 20.6. The first kappa shape index (κ1) is 19.7. The molecule has 154 valence electrons. The Morgan fingerprint density at radius 1 is 1.31 bits per heavy atom. The first-order valence-electron chi connectivity index (χ1n) is 9.50. The zero-order valence-electron chi connectivity index (χ0n) is 16.4. The van der Waals surface area contributed by atoms with Crippen molar-refractivity contribution in [3.63, 3.8) is 0 Å². The lowest BCUT2D eigenvalue weighted by atomic mass is 10.1. The van der Waals surface area contributed by atoms with Gasteiger partial charge in [0.25, 0.3) is 0 Å². The van der Waals surface area contributed by atoms with Gasteiger partial charge in [-0.1, -0.05) is 23.7 Å². The van der Waals surface area contributed by atoms with Crippen LogP contribution in [0.4, 0.5) is 5.82 Å². The van der Waals surface area contributed by atoms with E-state index < -0.39 is 10.5 Å². The van der Waals surface area contributed by atoms with Crippen LogP contribution < -0.4 is 4.74 Å². The van der Waals surface area contributed by atoms with Crippen LogP contribution in [0.25, 0.3) is 0 Å². The Balaban J connectivity index is 1.31. The maximum Gasteiger partial charge on any atom is 0.415 e. The quantitative estimate of drug-likeness (QED) is 0.421. The summed E-state index contributed by atoms with van der Waals surface area (Å²) in [6, 6.07) is 8.01. The number of hydrogen-bond donors (Lipinski definition) is 0. The fraction of sp³-hybridized carbons (Fsp3) is 0.474. The van der Waals surface area contributed by atoms with E-state index in [-0.39, 0.29) is 5.82 Å². The van der Waals surface area contributed by atoms with Gasteiger partial charge in [-0.05, 0) is 36.5 Å². The first-order valence-corrected chi connectivity index (χ1v) is 9.88. The fourth-order valence-electron chi connectivity index (χ4n) is 3.79. The van der Waals surface area contributed by atoms with Crippen molar-refractivity contribution in [3.8, 4) is 6.01 Å². The van der Waals surface area contributed by atoms with Crippen LogP contribution in [0.5, 0.6) is 6.01 Å². The van der Waals surface area contributed by atoms with E-state index in [1.807, 2.05) is 38.1 Å². The van der Waals surface area contributed by atoms with Crippen LogP contribution in [0.1, 0.15) is 19.4 Å². The molecule has 0 aliphatic carbocycles. The normalized spacial score (nSPS) is 22.4. The second-order valence-electron chi connectivity index (χ2n) is 7.74. The van der Waals surface area contributed by atoms with Gasteiger partial charge in [-0.25, -0.2) is 0 Å². The summed E-state index contributed by atoms with van der Waals surface area (Å²) in [5.74, 6) is -0.176. The summed E-state index contributed by atoms with van der Waals surface area (Å²) in [6.45, 7) is 8.72. The lowest BCUT2D eigenvalue weighted by Crippen LogP contribution is -2.51. The van der Waals surface area contributed by atoms with Gasteiger partial charge in [0, 0.05) is 42.7 Å². The summed E-state index contributed by atoms with van der Waals surface area (Å²) in [5.41, 5.74) is 1.59. The van der Waals surface area contributed by atoms with Crippen molar-refractivity contribution < 1.29 is 9.66 Å². The Hall–Kier alpha value is -2.65. The Morgan fingerprint density at radius 3 is 2.62 bits per heavy atom. The Bertz CT molecular complexity index is 910. The van der Waals surface area contributed by atoms with Crippen LogP contribution in [0.3, 0.4) is 0 Å². The molecule has 0 spiro atoms. The van der Waals surface area contributed by atoms with Crippen molar-refractivity contribution in [1.29, 1.82) is 0 Å². The lowest BCUT2D eigenvalue weighted by molar-refractivity contribution is -0.389. The molecular weight excluding hydrogens is 396 g/mol. The van der Waals surface area contributed by atoms with Crippen LogP contribution in [0.2, 0.25) is 5.02 Å².